The summed E-state index contributed by atoms with van der Waals surface area (Å²) in [5.74, 6) is -13.2. The fraction of sp³-hybridized carbons (Fsp3) is 0.348. The number of fused-ring (bicyclic) bond motifs is 31. The van der Waals surface area contributed by atoms with Crippen molar-refractivity contribution >= 4 is 92.8 Å². The molecular weight excluding hydrogens is 1260 g/mol. The number of nitrogens with zero attached hydrogens (tertiary/aromatic N) is 2. The quantitative estimate of drug-likeness (QED) is 0.0730. The van der Waals surface area contributed by atoms with Crippen LogP contribution in [-0.2, 0) is 84.8 Å². The number of carboxylic acid groups (broad SMARTS) is 1. The van der Waals surface area contributed by atoms with E-state index in [-0.39, 0.29) is 85.1 Å². The normalized spacial score (nSPS) is 22.7. The summed E-state index contributed by atoms with van der Waals surface area (Å²) in [4.78, 5) is 183. The molecule has 10 rings (SSSR count). The van der Waals surface area contributed by atoms with Gasteiger partial charge in [-0.15, -0.1) is 0 Å². The zero-order valence-electron chi connectivity index (χ0n) is 52.6. The van der Waals surface area contributed by atoms with Gasteiger partial charge >= 0.3 is 5.97 Å². The second-order valence-electron chi connectivity index (χ2n) is 24.1. The summed E-state index contributed by atoms with van der Waals surface area (Å²) >= 11 is 0. The molecule has 510 valence electrons. The first-order valence-electron chi connectivity index (χ1n) is 31.1. The molecule has 0 unspecified atom stereocenters. The molecule has 2 bridgehead atoms. The summed E-state index contributed by atoms with van der Waals surface area (Å²) in [6.45, 7) is 1.80. The highest BCUT2D eigenvalue weighted by Gasteiger charge is 2.49. The number of hydrogen-bond acceptors (Lipinski definition) is 14. The Balaban J connectivity index is 1.07. The number of amides is 11. The lowest BCUT2D eigenvalue weighted by molar-refractivity contribution is -0.147. The topological polar surface area (TPSA) is 443 Å². The molecular formula is C66H73F2N15O14. The zero-order chi connectivity index (χ0) is 69.7. The molecule has 8 atom stereocenters. The number of hydrogen-bond donors (Lipinski definition) is 15. The number of aliphatic carboxylic acids is 1. The molecule has 0 radical (unpaired) electrons. The average Bonchev–Trinajstić information content (AvgIpc) is 1.68. The van der Waals surface area contributed by atoms with Gasteiger partial charge in [0.2, 0.25) is 59.1 Å². The van der Waals surface area contributed by atoms with Crippen LogP contribution in [0.15, 0.2) is 110 Å². The van der Waals surface area contributed by atoms with Gasteiger partial charge in [0.25, 0.3) is 5.91 Å². The van der Waals surface area contributed by atoms with Crippen molar-refractivity contribution in [1.29, 1.82) is 0 Å². The van der Waals surface area contributed by atoms with E-state index in [0.717, 1.165) is 13.0 Å². The second-order valence-corrected chi connectivity index (χ2v) is 24.1. The number of benzene rings is 4. The van der Waals surface area contributed by atoms with Crippen LogP contribution in [0.2, 0.25) is 0 Å². The maximum Gasteiger partial charge on any atom is 0.305 e. The van der Waals surface area contributed by atoms with E-state index in [9.17, 15) is 71.7 Å². The summed E-state index contributed by atoms with van der Waals surface area (Å²) in [5, 5.41) is 44.1. The number of carboxylic acids is 1. The number of primary amides is 1. The number of H-pyrrole nitrogens is 3. The van der Waals surface area contributed by atoms with Crippen LogP contribution in [0.4, 0.5) is 8.78 Å². The molecule has 3 aliphatic heterocycles. The number of phenols is 1. The zero-order valence-corrected chi connectivity index (χ0v) is 52.6. The van der Waals surface area contributed by atoms with Gasteiger partial charge in [-0.3, -0.25) is 57.5 Å². The standard InChI is InChI=1S/C66H73F2N15O14/c1-34(84)76-48-5-3-19-71-58(90)37-10-6-35(7-11-37)21-49(57(69)89)82-65(97)66(2)18-4-20-83(66)64(96)54(22-36-8-14-43(85)15-9-36)81-62(94)52(27-42-31-70-33-75-42)79-63(95)53(28-56(87)88)80-61(93)51(24-39-30-73-47-17-13-41(68)26-45(39)47)78-60(92)50(77-55(86)32-74-59(48)91)23-38-29-72-46-16-12-40(67)25-44(38)46/h6-17,25-26,29-31,33,48-54,72-73,85H,3-5,18-24,27-28,32H2,1-2H3,(H2,69,89)(H,70,75)(H,71,90)(H,74,91)(H,76,84)(H,77,86)(H,78,92)(H,79,95)(H,80,93)(H,81,94)(H,82,97)(H,87,88)/t48-,49+,50+,51+,52+,53-,54+,66+/m1/s1. The Morgan fingerprint density at radius 1 is 0.670 bits per heavy atom. The molecule has 4 aromatic carbocycles. The summed E-state index contributed by atoms with van der Waals surface area (Å²) in [5.41, 5.74) is 6.83. The Morgan fingerprint density at radius 3 is 1.82 bits per heavy atom. The van der Waals surface area contributed by atoms with Gasteiger partial charge in [-0.25, -0.2) is 13.8 Å². The van der Waals surface area contributed by atoms with E-state index in [2.05, 4.69) is 67.8 Å². The minimum Gasteiger partial charge on any atom is -0.508 e. The molecule has 0 saturated carbocycles. The Morgan fingerprint density at radius 2 is 1.25 bits per heavy atom. The van der Waals surface area contributed by atoms with E-state index < -0.39 is 163 Å². The van der Waals surface area contributed by atoms with Gasteiger partial charge < -0.3 is 83.6 Å². The first-order valence-corrected chi connectivity index (χ1v) is 31.1. The largest absolute Gasteiger partial charge is 0.508 e. The second kappa shape index (κ2) is 31.1. The number of carbonyl (C=O) groups excluding carboxylic acids is 11. The van der Waals surface area contributed by atoms with Crippen LogP contribution in [0, 0.1) is 11.6 Å². The number of aromatic hydroxyl groups is 1. The number of nitrogens with two attached hydrogens (primary N) is 1. The third-order valence-corrected chi connectivity index (χ3v) is 17.0. The minimum absolute atomic E-state index is 0.00686. The maximum atomic E-state index is 15.2. The molecule has 11 amide bonds. The number of carbonyl (C=O) groups is 12. The molecule has 97 heavy (non-hydrogen) atoms. The molecule has 0 spiro atoms. The lowest BCUT2D eigenvalue weighted by atomic mass is 9.94. The Labute approximate surface area is 552 Å². The number of halogens is 2. The molecule has 0 aliphatic carbocycles. The van der Waals surface area contributed by atoms with Gasteiger partial charge in [-0.1, -0.05) is 24.3 Å². The highest BCUT2D eigenvalue weighted by atomic mass is 19.1. The van der Waals surface area contributed by atoms with Crippen LogP contribution in [0.1, 0.15) is 84.3 Å². The predicted molar refractivity (Wildman–Crippen MR) is 343 cm³/mol. The first-order chi connectivity index (χ1) is 46.3. The molecule has 6 heterocycles. The van der Waals surface area contributed by atoms with Crippen LogP contribution in [0.5, 0.6) is 5.75 Å². The monoisotopic (exact) mass is 1340 g/mol. The van der Waals surface area contributed by atoms with Gasteiger partial charge in [-0.2, -0.15) is 0 Å². The summed E-state index contributed by atoms with van der Waals surface area (Å²) in [7, 11) is 0. The van der Waals surface area contributed by atoms with Gasteiger partial charge in [-0.05, 0) is 116 Å². The third-order valence-electron chi connectivity index (χ3n) is 17.0. The van der Waals surface area contributed by atoms with E-state index in [4.69, 9.17) is 5.73 Å². The van der Waals surface area contributed by atoms with Crippen molar-refractivity contribution in [2.45, 2.75) is 126 Å². The number of aromatic nitrogens is 4. The molecule has 3 aromatic heterocycles. The van der Waals surface area contributed by atoms with E-state index >= 15 is 4.79 Å². The highest BCUT2D eigenvalue weighted by molar-refractivity contribution is 6.01. The predicted octanol–water partition coefficient (Wildman–Crippen LogP) is 0.264. The Bertz CT molecular complexity index is 4120. The van der Waals surface area contributed by atoms with Gasteiger partial charge in [0.15, 0.2) is 0 Å². The van der Waals surface area contributed by atoms with Crippen molar-refractivity contribution in [3.8, 4) is 5.75 Å². The molecule has 31 heteroatoms. The third kappa shape index (κ3) is 18.0. The first kappa shape index (κ1) is 69.8. The minimum atomic E-state index is -2.06. The van der Waals surface area contributed by atoms with Crippen LogP contribution in [-0.4, -0.2) is 173 Å². The smallest absolute Gasteiger partial charge is 0.305 e. The van der Waals surface area contributed by atoms with Crippen molar-refractivity contribution < 1.29 is 76.5 Å². The summed E-state index contributed by atoms with van der Waals surface area (Å²) < 4.78 is 29.7. The van der Waals surface area contributed by atoms with Gasteiger partial charge in [0.1, 0.15) is 65.2 Å². The lowest BCUT2D eigenvalue weighted by Crippen LogP contribution is -2.63. The van der Waals surface area contributed by atoms with Crippen molar-refractivity contribution in [3.63, 3.8) is 0 Å². The Kier molecular flexibility index (Phi) is 22.4. The fourth-order valence-electron chi connectivity index (χ4n) is 11.8. The lowest BCUT2D eigenvalue weighted by Gasteiger charge is -2.37. The number of phenolic OH excluding ortho intramolecular Hbond substituents is 1. The van der Waals surface area contributed by atoms with E-state index in [1.54, 1.807) is 0 Å². The molecule has 29 nitrogen and oxygen atoms in total. The van der Waals surface area contributed by atoms with E-state index in [1.807, 2.05) is 0 Å². The number of imidazole rings is 1. The fourth-order valence-corrected chi connectivity index (χ4v) is 11.8. The van der Waals surface area contributed by atoms with Crippen molar-refractivity contribution in [2.75, 3.05) is 19.6 Å². The molecule has 1 saturated heterocycles. The van der Waals surface area contributed by atoms with E-state index in [0.29, 0.717) is 27.5 Å². The summed E-state index contributed by atoms with van der Waals surface area (Å²) in [6, 6.07) is 7.80. The number of aromatic amines is 3. The maximum absolute atomic E-state index is 15.2. The van der Waals surface area contributed by atoms with Crippen LogP contribution < -0.4 is 53.6 Å². The number of nitrogens with one attached hydrogen (secondary N) is 12. The SMILES string of the molecule is CC(=O)N[C@@H]1CCCNC(=O)c2ccc(cc2)C[C@@H](C(N)=O)NC(=O)[C@]2(C)CCCN2C(=O)[C@H](Cc2ccc(O)cc2)NC(=O)[C@H](Cc2cnc[nH]2)NC(=O)[C@@H](CC(=O)O)NC(=O)[C@H](Cc2c[nH]c3ccc(F)cc23)NC(=O)[C@H](Cc2c[nH]c3ccc(F)cc23)NC(=O)CNC1=O. The van der Waals surface area contributed by atoms with E-state index in [1.165, 1.54) is 116 Å². The molecule has 1 fully saturated rings. The van der Waals surface area contributed by atoms with Crippen LogP contribution in [0.3, 0.4) is 0 Å². The van der Waals surface area contributed by atoms with Gasteiger partial charge in [0.05, 0.1) is 19.3 Å². The summed E-state index contributed by atoms with van der Waals surface area (Å²) in [6.07, 6.45) is 3.01. The van der Waals surface area contributed by atoms with Crippen molar-refractivity contribution in [1.82, 2.24) is 72.7 Å². The average molecular weight is 1340 g/mol. The van der Waals surface area contributed by atoms with Crippen molar-refractivity contribution in [3.05, 3.63) is 155 Å². The molecule has 16 N–H and O–H groups in total. The van der Waals surface area contributed by atoms with Crippen LogP contribution >= 0.6 is 0 Å². The molecule has 3 aliphatic rings. The van der Waals surface area contributed by atoms with Crippen LogP contribution in [0.25, 0.3) is 21.8 Å². The highest BCUT2D eigenvalue weighted by Crippen LogP contribution is 2.31. The Hall–Kier alpha value is -11.5. The van der Waals surface area contributed by atoms with Gasteiger partial charge in [0, 0.05) is 104 Å². The molecule has 7 aromatic rings. The number of rotatable bonds is 12. The van der Waals surface area contributed by atoms with Crippen molar-refractivity contribution in [2.24, 2.45) is 5.73 Å².